The summed E-state index contributed by atoms with van der Waals surface area (Å²) < 4.78 is 7.57. The quantitative estimate of drug-likeness (QED) is 0.934. The third kappa shape index (κ3) is 2.26. The van der Waals surface area contributed by atoms with Crippen molar-refractivity contribution in [2.75, 3.05) is 13.1 Å². The highest BCUT2D eigenvalue weighted by Gasteiger charge is 2.24. The van der Waals surface area contributed by atoms with Crippen molar-refractivity contribution < 1.29 is 4.52 Å². The molecule has 2 aromatic rings. The van der Waals surface area contributed by atoms with Crippen LogP contribution in [0, 0.1) is 13.8 Å². The summed E-state index contributed by atoms with van der Waals surface area (Å²) in [5.74, 6) is 1.45. The van der Waals surface area contributed by atoms with E-state index in [-0.39, 0.29) is 6.04 Å². The number of hydrogen-bond acceptors (Lipinski definition) is 4. The zero-order valence-corrected chi connectivity index (χ0v) is 12.4. The molecule has 0 radical (unpaired) electrons. The second kappa shape index (κ2) is 5.40. The Morgan fingerprint density at radius 2 is 2.30 bits per heavy atom. The Kier molecular flexibility index (Phi) is 3.61. The van der Waals surface area contributed by atoms with E-state index in [9.17, 15) is 0 Å². The molecule has 0 aliphatic carbocycles. The van der Waals surface area contributed by atoms with Gasteiger partial charge in [-0.15, -0.1) is 0 Å². The molecule has 2 atom stereocenters. The molecule has 3 heterocycles. The zero-order chi connectivity index (χ0) is 14.1. The molecule has 2 unspecified atom stereocenters. The van der Waals surface area contributed by atoms with Crippen LogP contribution < -0.4 is 5.32 Å². The van der Waals surface area contributed by atoms with E-state index >= 15 is 0 Å². The van der Waals surface area contributed by atoms with Crippen LogP contribution in [0.3, 0.4) is 0 Å². The van der Waals surface area contributed by atoms with Gasteiger partial charge < -0.3 is 14.4 Å². The van der Waals surface area contributed by atoms with Crippen molar-refractivity contribution in [1.29, 1.82) is 0 Å². The number of piperidine rings is 1. The fraction of sp³-hybridized carbons (Fsp3) is 0.600. The number of nitrogens with one attached hydrogen (secondary N) is 1. The first-order valence-corrected chi connectivity index (χ1v) is 7.33. The van der Waals surface area contributed by atoms with Gasteiger partial charge in [0, 0.05) is 29.9 Å². The van der Waals surface area contributed by atoms with Gasteiger partial charge in [-0.2, -0.15) is 0 Å². The summed E-state index contributed by atoms with van der Waals surface area (Å²) in [5.41, 5.74) is 3.45. The molecule has 1 aliphatic rings. The van der Waals surface area contributed by atoms with Gasteiger partial charge in [0.1, 0.15) is 5.76 Å². The van der Waals surface area contributed by atoms with Crippen molar-refractivity contribution >= 4 is 0 Å². The predicted octanol–water partition coefficient (Wildman–Crippen LogP) is 2.56. The third-order valence-electron chi connectivity index (χ3n) is 4.33. The molecule has 108 valence electrons. The average Bonchev–Trinajstić information content (AvgIpc) is 3.07. The van der Waals surface area contributed by atoms with Crippen molar-refractivity contribution in [3.63, 3.8) is 0 Å². The minimum Gasteiger partial charge on any atom is -0.361 e. The van der Waals surface area contributed by atoms with Crippen molar-refractivity contribution in [2.45, 2.75) is 45.6 Å². The molecule has 1 aliphatic heterocycles. The van der Waals surface area contributed by atoms with E-state index < -0.39 is 0 Å². The Morgan fingerprint density at radius 3 is 2.95 bits per heavy atom. The fourth-order valence-electron chi connectivity index (χ4n) is 3.28. The van der Waals surface area contributed by atoms with E-state index in [0.717, 1.165) is 24.5 Å². The number of imidazole rings is 1. The smallest absolute Gasteiger partial charge is 0.139 e. The van der Waals surface area contributed by atoms with E-state index in [1.54, 1.807) is 0 Å². The van der Waals surface area contributed by atoms with Gasteiger partial charge in [-0.1, -0.05) is 5.16 Å². The Morgan fingerprint density at radius 1 is 1.45 bits per heavy atom. The second-order valence-corrected chi connectivity index (χ2v) is 5.68. The Hall–Kier alpha value is -1.62. The van der Waals surface area contributed by atoms with Gasteiger partial charge in [0.15, 0.2) is 0 Å². The van der Waals surface area contributed by atoms with E-state index in [4.69, 9.17) is 4.52 Å². The highest BCUT2D eigenvalue weighted by atomic mass is 16.5. The molecule has 3 rings (SSSR count). The normalized spacial score (nSPS) is 21.1. The predicted molar refractivity (Wildman–Crippen MR) is 76.9 cm³/mol. The maximum Gasteiger partial charge on any atom is 0.139 e. The van der Waals surface area contributed by atoms with Gasteiger partial charge in [-0.25, -0.2) is 4.98 Å². The topological polar surface area (TPSA) is 55.9 Å². The Labute approximate surface area is 119 Å². The van der Waals surface area contributed by atoms with Gasteiger partial charge >= 0.3 is 0 Å². The monoisotopic (exact) mass is 274 g/mol. The van der Waals surface area contributed by atoms with Crippen LogP contribution >= 0.6 is 0 Å². The van der Waals surface area contributed by atoms with Crippen molar-refractivity contribution in [2.24, 2.45) is 0 Å². The number of aromatic nitrogens is 3. The highest BCUT2D eigenvalue weighted by Crippen LogP contribution is 2.30. The summed E-state index contributed by atoms with van der Waals surface area (Å²) in [7, 11) is 0. The van der Waals surface area contributed by atoms with Crippen LogP contribution in [0.15, 0.2) is 17.0 Å². The lowest BCUT2D eigenvalue weighted by molar-refractivity contribution is 0.390. The van der Waals surface area contributed by atoms with Crippen LogP contribution in [0.2, 0.25) is 0 Å². The molecule has 1 N–H and O–H groups in total. The number of hydrogen-bond donors (Lipinski definition) is 1. The van der Waals surface area contributed by atoms with Crippen LogP contribution in [0.4, 0.5) is 0 Å². The van der Waals surface area contributed by atoms with Crippen molar-refractivity contribution in [3.8, 4) is 0 Å². The molecular formula is C15H22N4O. The van der Waals surface area contributed by atoms with Crippen LogP contribution in [0.1, 0.15) is 54.4 Å². The summed E-state index contributed by atoms with van der Waals surface area (Å²) >= 11 is 0. The summed E-state index contributed by atoms with van der Waals surface area (Å²) in [6, 6.07) is 0.209. The summed E-state index contributed by atoms with van der Waals surface area (Å²) in [5, 5.41) is 7.54. The van der Waals surface area contributed by atoms with Gasteiger partial charge in [-0.05, 0) is 40.2 Å². The average molecular weight is 274 g/mol. The fourth-order valence-corrected chi connectivity index (χ4v) is 3.28. The standard InChI is InChI=1S/C15H22N4O/c1-10-15(12(3)20-18-10)11(2)19-9-17-8-14(19)13-5-4-6-16-7-13/h8-9,11,13,16H,4-7H2,1-3H3. The van der Waals surface area contributed by atoms with Crippen LogP contribution in [-0.4, -0.2) is 27.8 Å². The van der Waals surface area contributed by atoms with Crippen LogP contribution in [0.25, 0.3) is 0 Å². The molecule has 2 aromatic heterocycles. The summed E-state index contributed by atoms with van der Waals surface area (Å²) in [4.78, 5) is 4.37. The largest absolute Gasteiger partial charge is 0.361 e. The summed E-state index contributed by atoms with van der Waals surface area (Å²) in [6.07, 6.45) is 6.40. The molecule has 0 spiro atoms. The SMILES string of the molecule is Cc1noc(C)c1C(C)n1cncc1C1CCCNC1. The van der Waals surface area contributed by atoms with Gasteiger partial charge in [0.05, 0.1) is 18.1 Å². The van der Waals surface area contributed by atoms with E-state index in [1.807, 2.05) is 26.4 Å². The maximum atomic E-state index is 5.30. The Balaban J connectivity index is 1.92. The summed E-state index contributed by atoms with van der Waals surface area (Å²) in [6.45, 7) is 8.34. The molecule has 5 heteroatoms. The molecule has 0 amide bonds. The van der Waals surface area contributed by atoms with Gasteiger partial charge in [-0.3, -0.25) is 0 Å². The van der Waals surface area contributed by atoms with Gasteiger partial charge in [0.25, 0.3) is 0 Å². The van der Waals surface area contributed by atoms with Crippen LogP contribution in [0.5, 0.6) is 0 Å². The Bertz CT molecular complexity index is 561. The molecule has 0 bridgehead atoms. The number of aryl methyl sites for hydroxylation is 2. The molecular weight excluding hydrogens is 252 g/mol. The van der Waals surface area contributed by atoms with Gasteiger partial charge in [0.2, 0.25) is 0 Å². The lowest BCUT2D eigenvalue weighted by atomic mass is 9.95. The molecule has 1 saturated heterocycles. The molecule has 20 heavy (non-hydrogen) atoms. The zero-order valence-electron chi connectivity index (χ0n) is 12.4. The van der Waals surface area contributed by atoms with E-state index in [2.05, 4.69) is 26.9 Å². The minimum absolute atomic E-state index is 0.209. The first-order chi connectivity index (χ1) is 9.68. The minimum atomic E-state index is 0.209. The highest BCUT2D eigenvalue weighted by molar-refractivity contribution is 5.27. The lowest BCUT2D eigenvalue weighted by Crippen LogP contribution is -2.30. The molecule has 1 fully saturated rings. The van der Waals surface area contributed by atoms with Crippen molar-refractivity contribution in [1.82, 2.24) is 20.0 Å². The van der Waals surface area contributed by atoms with E-state index in [0.29, 0.717) is 5.92 Å². The first kappa shape index (κ1) is 13.4. The third-order valence-corrected chi connectivity index (χ3v) is 4.33. The molecule has 0 aromatic carbocycles. The van der Waals surface area contributed by atoms with E-state index in [1.165, 1.54) is 24.1 Å². The maximum absolute atomic E-state index is 5.30. The molecule has 5 nitrogen and oxygen atoms in total. The number of rotatable bonds is 3. The molecule has 0 saturated carbocycles. The van der Waals surface area contributed by atoms with Crippen molar-refractivity contribution in [3.05, 3.63) is 35.2 Å². The number of nitrogens with zero attached hydrogens (tertiary/aromatic N) is 3. The van der Waals surface area contributed by atoms with Crippen LogP contribution in [-0.2, 0) is 0 Å². The second-order valence-electron chi connectivity index (χ2n) is 5.68. The lowest BCUT2D eigenvalue weighted by Gasteiger charge is -2.26. The first-order valence-electron chi connectivity index (χ1n) is 7.33.